The summed E-state index contributed by atoms with van der Waals surface area (Å²) in [6.07, 6.45) is 2.66. The molecule has 2 aromatic heterocycles. The van der Waals surface area contributed by atoms with Crippen LogP contribution in [0, 0.1) is 0 Å². The van der Waals surface area contributed by atoms with Gasteiger partial charge in [-0.15, -0.1) is 0 Å². The standard InChI is InChI=1S/C20H23N5O2S/c1-13(2)21-19(27)23-20-22-15-8-10-25(11-17(15)28-20)18(26)12-24-9-7-14-5-3-4-6-16(14)24/h3-7,9,13H,8,10-12H2,1-2H3,(H2,21,22,23,27). The molecule has 0 spiro atoms. The summed E-state index contributed by atoms with van der Waals surface area (Å²) in [6, 6.07) is 9.89. The Bertz CT molecular complexity index is 1020. The summed E-state index contributed by atoms with van der Waals surface area (Å²) < 4.78 is 1.99. The molecule has 0 saturated heterocycles. The fraction of sp³-hybridized carbons (Fsp3) is 0.350. The minimum absolute atomic E-state index is 0.0625. The van der Waals surface area contributed by atoms with E-state index in [9.17, 15) is 9.59 Å². The van der Waals surface area contributed by atoms with Crippen molar-refractivity contribution in [3.05, 3.63) is 47.1 Å². The molecule has 1 aliphatic rings. The maximum Gasteiger partial charge on any atom is 0.321 e. The summed E-state index contributed by atoms with van der Waals surface area (Å²) in [5.41, 5.74) is 2.04. The number of anilines is 1. The lowest BCUT2D eigenvalue weighted by Crippen LogP contribution is -2.37. The van der Waals surface area contributed by atoms with E-state index >= 15 is 0 Å². The van der Waals surface area contributed by atoms with Gasteiger partial charge < -0.3 is 14.8 Å². The first-order valence-corrected chi connectivity index (χ1v) is 10.2. The van der Waals surface area contributed by atoms with Gasteiger partial charge in [0, 0.05) is 35.6 Å². The van der Waals surface area contributed by atoms with Crippen LogP contribution < -0.4 is 10.6 Å². The number of para-hydroxylation sites is 1. The van der Waals surface area contributed by atoms with Crippen molar-refractivity contribution in [2.24, 2.45) is 0 Å². The number of amides is 3. The molecule has 4 rings (SSSR count). The molecule has 1 aromatic carbocycles. The Hall–Kier alpha value is -2.87. The van der Waals surface area contributed by atoms with E-state index in [1.165, 1.54) is 11.3 Å². The number of urea groups is 1. The number of nitrogens with zero attached hydrogens (tertiary/aromatic N) is 3. The molecule has 0 saturated carbocycles. The number of thiazole rings is 1. The van der Waals surface area contributed by atoms with Crippen LogP contribution >= 0.6 is 11.3 Å². The molecule has 0 bridgehead atoms. The van der Waals surface area contributed by atoms with Crippen molar-refractivity contribution in [2.75, 3.05) is 11.9 Å². The van der Waals surface area contributed by atoms with E-state index in [4.69, 9.17) is 0 Å². The van der Waals surface area contributed by atoms with Crippen molar-refractivity contribution in [1.82, 2.24) is 19.8 Å². The molecule has 28 heavy (non-hydrogen) atoms. The Morgan fingerprint density at radius 3 is 2.89 bits per heavy atom. The first kappa shape index (κ1) is 18.5. The average Bonchev–Trinajstić information content (AvgIpc) is 3.23. The van der Waals surface area contributed by atoms with E-state index in [1.807, 2.05) is 59.8 Å². The summed E-state index contributed by atoms with van der Waals surface area (Å²) in [6.45, 7) is 5.32. The lowest BCUT2D eigenvalue weighted by Gasteiger charge is -2.26. The van der Waals surface area contributed by atoms with Gasteiger partial charge in [-0.1, -0.05) is 29.5 Å². The van der Waals surface area contributed by atoms with E-state index in [-0.39, 0.29) is 18.0 Å². The Morgan fingerprint density at radius 1 is 1.25 bits per heavy atom. The van der Waals surface area contributed by atoms with Crippen molar-refractivity contribution >= 4 is 39.3 Å². The number of carbonyl (C=O) groups excluding carboxylic acids is 2. The Morgan fingerprint density at radius 2 is 2.07 bits per heavy atom. The second kappa shape index (κ2) is 7.63. The number of nitrogens with one attached hydrogen (secondary N) is 2. The van der Waals surface area contributed by atoms with Crippen molar-refractivity contribution in [2.45, 2.75) is 39.4 Å². The maximum absolute atomic E-state index is 12.8. The van der Waals surface area contributed by atoms with Crippen LogP contribution in [0.3, 0.4) is 0 Å². The van der Waals surface area contributed by atoms with Crippen LogP contribution in [0.15, 0.2) is 36.5 Å². The third-order valence-corrected chi connectivity index (χ3v) is 5.71. The minimum atomic E-state index is -0.256. The highest BCUT2D eigenvalue weighted by Crippen LogP contribution is 2.28. The molecule has 0 radical (unpaired) electrons. The fourth-order valence-electron chi connectivity index (χ4n) is 3.38. The van der Waals surface area contributed by atoms with Gasteiger partial charge in [-0.05, 0) is 31.4 Å². The van der Waals surface area contributed by atoms with E-state index < -0.39 is 0 Å². The Labute approximate surface area is 167 Å². The molecule has 146 valence electrons. The highest BCUT2D eigenvalue weighted by atomic mass is 32.1. The number of hydrogen-bond donors (Lipinski definition) is 2. The smallest absolute Gasteiger partial charge is 0.321 e. The topological polar surface area (TPSA) is 79.3 Å². The summed E-state index contributed by atoms with van der Waals surface area (Å²) in [5, 5.41) is 7.28. The fourth-order valence-corrected chi connectivity index (χ4v) is 4.40. The van der Waals surface area contributed by atoms with Crippen molar-refractivity contribution < 1.29 is 9.59 Å². The predicted octanol–water partition coefficient (Wildman–Crippen LogP) is 3.21. The monoisotopic (exact) mass is 397 g/mol. The zero-order valence-corrected chi connectivity index (χ0v) is 16.8. The molecule has 0 atom stereocenters. The van der Waals surface area contributed by atoms with Gasteiger partial charge in [0.2, 0.25) is 5.91 Å². The van der Waals surface area contributed by atoms with Crippen LogP contribution in [-0.4, -0.2) is 39.0 Å². The van der Waals surface area contributed by atoms with Crippen molar-refractivity contribution in [3.63, 3.8) is 0 Å². The second-order valence-electron chi connectivity index (χ2n) is 7.21. The van der Waals surface area contributed by atoms with Crippen LogP contribution in [-0.2, 0) is 24.3 Å². The summed E-state index contributed by atoms with van der Waals surface area (Å²) in [7, 11) is 0. The van der Waals surface area contributed by atoms with Crippen molar-refractivity contribution in [3.8, 4) is 0 Å². The average molecular weight is 398 g/mol. The van der Waals surface area contributed by atoms with Gasteiger partial charge >= 0.3 is 6.03 Å². The van der Waals surface area contributed by atoms with Gasteiger partial charge in [0.05, 0.1) is 12.2 Å². The quantitative estimate of drug-likeness (QED) is 0.709. The zero-order chi connectivity index (χ0) is 19.7. The summed E-state index contributed by atoms with van der Waals surface area (Å²) in [5.74, 6) is 0.0902. The Balaban J connectivity index is 1.42. The normalized spacial score (nSPS) is 13.6. The largest absolute Gasteiger partial charge is 0.338 e. The summed E-state index contributed by atoms with van der Waals surface area (Å²) >= 11 is 1.44. The number of carbonyl (C=O) groups is 2. The molecule has 0 fully saturated rings. The first-order chi connectivity index (χ1) is 13.5. The van der Waals surface area contributed by atoms with E-state index in [2.05, 4.69) is 15.6 Å². The molecule has 3 heterocycles. The molecular formula is C20H23N5O2S. The van der Waals surface area contributed by atoms with Gasteiger partial charge in [-0.25, -0.2) is 9.78 Å². The number of hydrogen-bond acceptors (Lipinski definition) is 4. The number of rotatable bonds is 4. The molecule has 8 heteroatoms. The minimum Gasteiger partial charge on any atom is -0.338 e. The van der Waals surface area contributed by atoms with Gasteiger partial charge in [-0.3, -0.25) is 10.1 Å². The number of aromatic nitrogens is 2. The van der Waals surface area contributed by atoms with E-state index in [0.717, 1.165) is 21.5 Å². The van der Waals surface area contributed by atoms with Crippen molar-refractivity contribution in [1.29, 1.82) is 0 Å². The number of benzene rings is 1. The molecule has 0 aliphatic carbocycles. The van der Waals surface area contributed by atoms with Crippen LogP contribution in [0.4, 0.5) is 9.93 Å². The van der Waals surface area contributed by atoms with E-state index in [1.54, 1.807) is 0 Å². The molecular weight excluding hydrogens is 374 g/mol. The SMILES string of the molecule is CC(C)NC(=O)Nc1nc2c(s1)CN(C(=O)Cn1ccc3ccccc31)CC2. The first-order valence-electron chi connectivity index (χ1n) is 9.37. The molecule has 0 unspecified atom stereocenters. The lowest BCUT2D eigenvalue weighted by atomic mass is 10.2. The van der Waals surface area contributed by atoms with Gasteiger partial charge in [0.1, 0.15) is 6.54 Å². The molecule has 2 N–H and O–H groups in total. The van der Waals surface area contributed by atoms with Crippen LogP contribution in [0.25, 0.3) is 10.9 Å². The maximum atomic E-state index is 12.8. The molecule has 3 aromatic rings. The van der Waals surface area contributed by atoms with E-state index in [0.29, 0.717) is 31.2 Å². The Kier molecular flexibility index (Phi) is 5.04. The third kappa shape index (κ3) is 3.87. The van der Waals surface area contributed by atoms with Gasteiger partial charge in [0.25, 0.3) is 0 Å². The van der Waals surface area contributed by atoms with Crippen LogP contribution in [0.2, 0.25) is 0 Å². The van der Waals surface area contributed by atoms with Gasteiger partial charge in [-0.2, -0.15) is 0 Å². The molecule has 1 aliphatic heterocycles. The highest BCUT2D eigenvalue weighted by molar-refractivity contribution is 7.15. The van der Waals surface area contributed by atoms with Gasteiger partial charge in [0.15, 0.2) is 5.13 Å². The predicted molar refractivity (Wildman–Crippen MR) is 110 cm³/mol. The molecule has 3 amide bonds. The second-order valence-corrected chi connectivity index (χ2v) is 8.29. The van der Waals surface area contributed by atoms with Crippen LogP contribution in [0.5, 0.6) is 0 Å². The highest BCUT2D eigenvalue weighted by Gasteiger charge is 2.25. The molecule has 7 nitrogen and oxygen atoms in total. The van der Waals surface area contributed by atoms with Crippen LogP contribution in [0.1, 0.15) is 24.4 Å². The lowest BCUT2D eigenvalue weighted by molar-refractivity contribution is -0.132. The third-order valence-electron chi connectivity index (χ3n) is 4.71. The zero-order valence-electron chi connectivity index (χ0n) is 15.9. The summed E-state index contributed by atoms with van der Waals surface area (Å²) in [4.78, 5) is 32.1. The number of fused-ring (bicyclic) bond motifs is 2.